The van der Waals surface area contributed by atoms with Crippen LogP contribution in [0.2, 0.25) is 0 Å². The summed E-state index contributed by atoms with van der Waals surface area (Å²) < 4.78 is 0. The largest absolute Gasteiger partial charge is 0.354 e. The molecule has 1 saturated heterocycles. The van der Waals surface area contributed by atoms with Gasteiger partial charge in [0.05, 0.1) is 12.2 Å². The van der Waals surface area contributed by atoms with Crippen LogP contribution in [0.5, 0.6) is 0 Å². The second-order valence-corrected chi connectivity index (χ2v) is 7.98. The number of amidine groups is 1. The van der Waals surface area contributed by atoms with Crippen LogP contribution in [0, 0.1) is 5.41 Å². The minimum Gasteiger partial charge on any atom is -0.354 e. The Morgan fingerprint density at radius 2 is 2.04 bits per heavy atom. The zero-order valence-electron chi connectivity index (χ0n) is 17.7. The van der Waals surface area contributed by atoms with Gasteiger partial charge in [0, 0.05) is 57.9 Å². The summed E-state index contributed by atoms with van der Waals surface area (Å²) in [6, 6.07) is 0.670. The number of aromatic nitrogens is 2. The first-order valence-electron chi connectivity index (χ1n) is 10.5. The first kappa shape index (κ1) is 20.7. The Balaban J connectivity index is 1.63. The average molecular weight is 386 g/mol. The van der Waals surface area contributed by atoms with Gasteiger partial charge in [-0.15, -0.1) is 0 Å². The Morgan fingerprint density at radius 1 is 1.29 bits per heavy atom. The molecule has 0 radical (unpaired) electrons. The van der Waals surface area contributed by atoms with E-state index >= 15 is 0 Å². The van der Waals surface area contributed by atoms with Gasteiger partial charge in [-0.2, -0.15) is 0 Å². The molecule has 0 spiro atoms. The molecule has 0 aliphatic carbocycles. The van der Waals surface area contributed by atoms with Crippen molar-refractivity contribution in [2.24, 2.45) is 0 Å². The van der Waals surface area contributed by atoms with Gasteiger partial charge in [-0.05, 0) is 26.0 Å². The van der Waals surface area contributed by atoms with E-state index < -0.39 is 0 Å². The number of nitrogens with zero attached hydrogens (tertiary/aromatic N) is 6. The van der Waals surface area contributed by atoms with Crippen molar-refractivity contribution in [3.63, 3.8) is 0 Å². The molecule has 0 amide bonds. The number of anilines is 1. The fraction of sp³-hybridized carbons (Fsp3) is 0.667. The van der Waals surface area contributed by atoms with E-state index in [2.05, 4.69) is 45.1 Å². The van der Waals surface area contributed by atoms with Gasteiger partial charge in [-0.3, -0.25) is 15.2 Å². The Labute approximate surface area is 169 Å². The monoisotopic (exact) mass is 385 g/mol. The van der Waals surface area contributed by atoms with E-state index in [-0.39, 0.29) is 0 Å². The highest BCUT2D eigenvalue weighted by molar-refractivity contribution is 5.81. The van der Waals surface area contributed by atoms with Gasteiger partial charge < -0.3 is 9.80 Å². The van der Waals surface area contributed by atoms with Gasteiger partial charge in [0.1, 0.15) is 18.0 Å². The molecule has 3 heterocycles. The molecule has 3 rings (SSSR count). The summed E-state index contributed by atoms with van der Waals surface area (Å²) in [6.45, 7) is 15.0. The smallest absolute Gasteiger partial charge is 0.135 e. The Morgan fingerprint density at radius 3 is 2.71 bits per heavy atom. The highest BCUT2D eigenvalue weighted by Gasteiger charge is 2.27. The Kier molecular flexibility index (Phi) is 7.02. The van der Waals surface area contributed by atoms with E-state index in [1.54, 1.807) is 17.4 Å². The lowest BCUT2D eigenvalue weighted by Crippen LogP contribution is -2.50. The van der Waals surface area contributed by atoms with Gasteiger partial charge in [-0.1, -0.05) is 19.9 Å². The van der Waals surface area contributed by atoms with E-state index in [0.29, 0.717) is 18.4 Å². The van der Waals surface area contributed by atoms with E-state index in [9.17, 15) is 0 Å². The molecule has 2 aliphatic rings. The molecule has 7 nitrogen and oxygen atoms in total. The molecule has 2 aliphatic heterocycles. The average Bonchev–Trinajstić information content (AvgIpc) is 2.72. The lowest BCUT2D eigenvalue weighted by molar-refractivity contribution is 0.187. The van der Waals surface area contributed by atoms with Gasteiger partial charge in [0.2, 0.25) is 0 Å². The van der Waals surface area contributed by atoms with Gasteiger partial charge >= 0.3 is 0 Å². The molecule has 154 valence electrons. The van der Waals surface area contributed by atoms with Crippen molar-refractivity contribution in [2.75, 3.05) is 51.2 Å². The van der Waals surface area contributed by atoms with Crippen LogP contribution in [0.1, 0.15) is 37.9 Å². The molecule has 0 saturated carbocycles. The van der Waals surface area contributed by atoms with Crippen molar-refractivity contribution >= 4 is 11.7 Å². The van der Waals surface area contributed by atoms with Crippen molar-refractivity contribution in [2.45, 2.75) is 45.7 Å². The molecule has 1 aromatic rings. The van der Waals surface area contributed by atoms with Crippen molar-refractivity contribution in [1.29, 1.82) is 5.41 Å². The van der Waals surface area contributed by atoms with Crippen LogP contribution < -0.4 is 4.90 Å². The molecule has 1 atom stereocenters. The lowest BCUT2D eigenvalue weighted by Gasteiger charge is -2.40. The molecule has 0 aromatic carbocycles. The fourth-order valence-corrected chi connectivity index (χ4v) is 4.21. The lowest BCUT2D eigenvalue weighted by atomic mass is 10.0. The van der Waals surface area contributed by atoms with Crippen LogP contribution in [0.4, 0.5) is 5.82 Å². The number of hydrogen-bond donors (Lipinski definition) is 1. The minimum atomic E-state index is 0.560. The van der Waals surface area contributed by atoms with Crippen molar-refractivity contribution in [3.05, 3.63) is 30.4 Å². The number of likely N-dealkylation sites (N-methyl/N-ethyl adjacent to an activating group) is 1. The van der Waals surface area contributed by atoms with E-state index in [4.69, 9.17) is 5.41 Å². The number of hydrogen-bond acceptors (Lipinski definition) is 6. The van der Waals surface area contributed by atoms with Crippen LogP contribution in [-0.4, -0.2) is 82.9 Å². The topological polar surface area (TPSA) is 62.6 Å². The van der Waals surface area contributed by atoms with Crippen LogP contribution in [-0.2, 0) is 13.0 Å². The second kappa shape index (κ2) is 9.47. The summed E-state index contributed by atoms with van der Waals surface area (Å²) in [5.41, 5.74) is 2.42. The third kappa shape index (κ3) is 4.70. The molecule has 7 heteroatoms. The SMILES string of the molecule is C=CN(C)C(=N)CN1CCc2c(ncnc2N2CCN(C(C)CCC)CC2)C1. The maximum atomic E-state index is 8.17. The molecule has 1 aromatic heterocycles. The third-order valence-corrected chi connectivity index (χ3v) is 6.08. The van der Waals surface area contributed by atoms with Gasteiger partial charge in [0.15, 0.2) is 0 Å². The molecule has 1 N–H and O–H groups in total. The Hall–Kier alpha value is -1.99. The van der Waals surface area contributed by atoms with Crippen molar-refractivity contribution < 1.29 is 0 Å². The quantitative estimate of drug-likeness (QED) is 0.573. The van der Waals surface area contributed by atoms with Crippen molar-refractivity contribution in [3.8, 4) is 0 Å². The second-order valence-electron chi connectivity index (χ2n) is 7.98. The van der Waals surface area contributed by atoms with Crippen LogP contribution in [0.15, 0.2) is 19.1 Å². The molecular formula is C21H35N7. The summed E-state index contributed by atoms with van der Waals surface area (Å²) in [4.78, 5) is 18.3. The van der Waals surface area contributed by atoms with Gasteiger partial charge in [0.25, 0.3) is 0 Å². The number of rotatable bonds is 7. The number of piperazine rings is 1. The van der Waals surface area contributed by atoms with E-state index in [1.807, 2.05) is 7.05 Å². The molecular weight excluding hydrogens is 350 g/mol. The van der Waals surface area contributed by atoms with Crippen LogP contribution >= 0.6 is 0 Å². The fourth-order valence-electron chi connectivity index (χ4n) is 4.21. The normalized spacial score (nSPS) is 19.2. The zero-order chi connectivity index (χ0) is 20.1. The molecule has 28 heavy (non-hydrogen) atoms. The summed E-state index contributed by atoms with van der Waals surface area (Å²) >= 11 is 0. The minimum absolute atomic E-state index is 0.560. The van der Waals surface area contributed by atoms with Crippen LogP contribution in [0.25, 0.3) is 0 Å². The maximum absolute atomic E-state index is 8.17. The van der Waals surface area contributed by atoms with Crippen molar-refractivity contribution in [1.82, 2.24) is 24.7 Å². The number of nitrogens with one attached hydrogen (secondary N) is 1. The highest BCUT2D eigenvalue weighted by atomic mass is 15.3. The first-order valence-corrected chi connectivity index (χ1v) is 10.5. The number of fused-ring (bicyclic) bond motifs is 1. The predicted octanol–water partition coefficient (Wildman–Crippen LogP) is 2.20. The Bertz CT molecular complexity index is 681. The highest BCUT2D eigenvalue weighted by Crippen LogP contribution is 2.26. The van der Waals surface area contributed by atoms with E-state index in [0.717, 1.165) is 57.2 Å². The first-order chi connectivity index (χ1) is 13.5. The van der Waals surface area contributed by atoms with E-state index in [1.165, 1.54) is 18.4 Å². The molecule has 1 unspecified atom stereocenters. The summed E-state index contributed by atoms with van der Waals surface area (Å²) in [7, 11) is 1.87. The summed E-state index contributed by atoms with van der Waals surface area (Å²) in [5, 5.41) is 8.17. The summed E-state index contributed by atoms with van der Waals surface area (Å²) in [5.74, 6) is 1.69. The van der Waals surface area contributed by atoms with Gasteiger partial charge in [-0.25, -0.2) is 9.97 Å². The zero-order valence-corrected chi connectivity index (χ0v) is 17.7. The third-order valence-electron chi connectivity index (χ3n) is 6.08. The molecule has 1 fully saturated rings. The summed E-state index contributed by atoms with van der Waals surface area (Å²) in [6.07, 6.45) is 6.86. The maximum Gasteiger partial charge on any atom is 0.135 e. The predicted molar refractivity (Wildman–Crippen MR) is 115 cm³/mol. The van der Waals surface area contributed by atoms with Crippen LogP contribution in [0.3, 0.4) is 0 Å². The standard InChI is InChI=1S/C21H35N7/c1-5-7-17(3)27-10-12-28(13-11-27)21-18-8-9-26(14-19(18)23-16-24-21)15-20(22)25(4)6-2/h6,16-17,22H,2,5,7-15H2,1,3-4H3. The molecule has 0 bridgehead atoms.